The molecule has 2 N–H and O–H groups in total. The van der Waals surface area contributed by atoms with Crippen LogP contribution in [-0.2, 0) is 20.9 Å². The Morgan fingerprint density at radius 3 is 2.70 bits per heavy atom. The van der Waals surface area contributed by atoms with Gasteiger partial charge < -0.3 is 15.4 Å². The predicted octanol–water partition coefficient (Wildman–Crippen LogP) is 2.73. The van der Waals surface area contributed by atoms with Crippen LogP contribution in [0.15, 0.2) is 47.4 Å². The lowest BCUT2D eigenvalue weighted by Gasteiger charge is -2.21. The molecule has 1 aliphatic heterocycles. The first-order valence-corrected chi connectivity index (χ1v) is 9.10. The molecule has 2 amide bonds. The molecule has 6 nitrogen and oxygen atoms in total. The Labute approximate surface area is 159 Å². The zero-order chi connectivity index (χ0) is 19.4. The fourth-order valence-electron chi connectivity index (χ4n) is 2.40. The van der Waals surface area contributed by atoms with Crippen LogP contribution in [0.5, 0.6) is 0 Å². The van der Waals surface area contributed by atoms with E-state index in [1.807, 2.05) is 0 Å². The molecule has 1 unspecified atom stereocenters. The molecule has 3 rings (SSSR count). The van der Waals surface area contributed by atoms with Gasteiger partial charge in [0.1, 0.15) is 5.82 Å². The van der Waals surface area contributed by atoms with E-state index in [1.54, 1.807) is 31.2 Å². The summed E-state index contributed by atoms with van der Waals surface area (Å²) < 4.78 is 17.8. The van der Waals surface area contributed by atoms with Gasteiger partial charge in [-0.05, 0) is 42.8 Å². The number of amides is 2. The molecular formula is C19H17FN2O4S. The third-order valence-electron chi connectivity index (χ3n) is 3.88. The van der Waals surface area contributed by atoms with Gasteiger partial charge in [-0.15, -0.1) is 11.8 Å². The van der Waals surface area contributed by atoms with Gasteiger partial charge in [0.2, 0.25) is 5.91 Å². The smallest absolute Gasteiger partial charge is 0.338 e. The number of hydrogen-bond acceptors (Lipinski definition) is 5. The van der Waals surface area contributed by atoms with E-state index in [0.717, 1.165) is 10.5 Å². The van der Waals surface area contributed by atoms with Gasteiger partial charge in [0.25, 0.3) is 5.91 Å². The lowest BCUT2D eigenvalue weighted by Crippen LogP contribution is -2.28. The largest absolute Gasteiger partial charge is 0.452 e. The molecule has 1 aliphatic rings. The summed E-state index contributed by atoms with van der Waals surface area (Å²) in [6.45, 7) is 1.57. The highest BCUT2D eigenvalue weighted by atomic mass is 32.2. The van der Waals surface area contributed by atoms with Crippen LogP contribution >= 0.6 is 11.8 Å². The van der Waals surface area contributed by atoms with Crippen molar-refractivity contribution in [2.45, 2.75) is 23.6 Å². The van der Waals surface area contributed by atoms with E-state index < -0.39 is 18.5 Å². The highest BCUT2D eigenvalue weighted by Crippen LogP contribution is 2.35. The highest BCUT2D eigenvalue weighted by molar-refractivity contribution is 8.00. The summed E-state index contributed by atoms with van der Waals surface area (Å²) in [6.07, 6.45) is 0. The third kappa shape index (κ3) is 4.85. The lowest BCUT2D eigenvalue weighted by atomic mass is 10.2. The zero-order valence-electron chi connectivity index (χ0n) is 14.5. The predicted molar refractivity (Wildman–Crippen MR) is 98.9 cm³/mol. The Morgan fingerprint density at radius 2 is 1.96 bits per heavy atom. The van der Waals surface area contributed by atoms with Gasteiger partial charge in [0, 0.05) is 11.4 Å². The van der Waals surface area contributed by atoms with Crippen LogP contribution in [0.25, 0.3) is 0 Å². The van der Waals surface area contributed by atoms with Gasteiger partial charge in [-0.3, -0.25) is 9.59 Å². The van der Waals surface area contributed by atoms with Gasteiger partial charge in [-0.2, -0.15) is 0 Å². The van der Waals surface area contributed by atoms with Crippen molar-refractivity contribution in [2.24, 2.45) is 0 Å². The van der Waals surface area contributed by atoms with Crippen LogP contribution in [-0.4, -0.2) is 29.6 Å². The van der Waals surface area contributed by atoms with Gasteiger partial charge in [-0.1, -0.05) is 12.1 Å². The number of esters is 1. The Hall–Kier alpha value is -2.87. The number of rotatable bonds is 5. The molecule has 2 aromatic rings. The zero-order valence-corrected chi connectivity index (χ0v) is 15.3. The monoisotopic (exact) mass is 388 g/mol. The second kappa shape index (κ2) is 8.22. The molecule has 0 radical (unpaired) electrons. The molecule has 0 aromatic heterocycles. The fraction of sp³-hybridized carbons (Fsp3) is 0.211. The maximum Gasteiger partial charge on any atom is 0.338 e. The van der Waals surface area contributed by atoms with E-state index in [2.05, 4.69) is 10.6 Å². The first kappa shape index (κ1) is 18.9. The lowest BCUT2D eigenvalue weighted by molar-refractivity contribution is -0.124. The first-order chi connectivity index (χ1) is 12.9. The summed E-state index contributed by atoms with van der Waals surface area (Å²) in [5.41, 5.74) is 1.53. The van der Waals surface area contributed by atoms with E-state index in [1.165, 1.54) is 30.0 Å². The Morgan fingerprint density at radius 1 is 1.22 bits per heavy atom. The highest BCUT2D eigenvalue weighted by Gasteiger charge is 2.24. The Balaban J connectivity index is 1.51. The van der Waals surface area contributed by atoms with Crippen molar-refractivity contribution in [3.05, 3.63) is 59.4 Å². The first-order valence-electron chi connectivity index (χ1n) is 8.22. The fourth-order valence-corrected chi connectivity index (χ4v) is 3.33. The van der Waals surface area contributed by atoms with Gasteiger partial charge in [0.05, 0.1) is 16.5 Å². The van der Waals surface area contributed by atoms with Crippen LogP contribution in [0.1, 0.15) is 22.8 Å². The number of hydrogen-bond donors (Lipinski definition) is 2. The van der Waals surface area contributed by atoms with Gasteiger partial charge in [0.15, 0.2) is 6.61 Å². The second-order valence-electron chi connectivity index (χ2n) is 5.94. The quantitative estimate of drug-likeness (QED) is 0.770. The number of anilines is 1. The van der Waals surface area contributed by atoms with E-state index in [-0.39, 0.29) is 29.1 Å². The molecule has 1 atom stereocenters. The van der Waals surface area contributed by atoms with Crippen LogP contribution in [0.4, 0.5) is 10.1 Å². The second-order valence-corrected chi connectivity index (χ2v) is 7.32. The summed E-state index contributed by atoms with van der Waals surface area (Å²) in [6, 6.07) is 10.6. The Kier molecular flexibility index (Phi) is 5.75. The normalized spacial score (nSPS) is 15.5. The van der Waals surface area contributed by atoms with Crippen molar-refractivity contribution >= 4 is 35.2 Å². The summed E-state index contributed by atoms with van der Waals surface area (Å²) >= 11 is 1.41. The van der Waals surface area contributed by atoms with E-state index in [4.69, 9.17) is 4.74 Å². The molecule has 0 aliphatic carbocycles. The van der Waals surface area contributed by atoms with Crippen LogP contribution in [0.2, 0.25) is 0 Å². The number of ether oxygens (including phenoxy) is 1. The summed E-state index contributed by atoms with van der Waals surface area (Å²) in [4.78, 5) is 36.5. The molecule has 8 heteroatoms. The molecule has 2 aromatic carbocycles. The summed E-state index contributed by atoms with van der Waals surface area (Å²) in [5.74, 6) is -1.61. The summed E-state index contributed by atoms with van der Waals surface area (Å²) in [7, 11) is 0. The molecule has 0 spiro atoms. The van der Waals surface area contributed by atoms with E-state index >= 15 is 0 Å². The topological polar surface area (TPSA) is 84.5 Å². The van der Waals surface area contributed by atoms with Gasteiger partial charge in [-0.25, -0.2) is 9.18 Å². The minimum atomic E-state index is -0.660. The molecule has 0 saturated carbocycles. The van der Waals surface area contributed by atoms with Crippen molar-refractivity contribution in [3.63, 3.8) is 0 Å². The standard InChI is InChI=1S/C19H17FN2O4S/c1-11-18(24)22-15-8-13(4-7-16(15)27-11)19(25)26-10-17(23)21-9-12-2-5-14(20)6-3-12/h2-8,11H,9-10H2,1H3,(H,21,23)(H,22,24). The number of halogens is 1. The van der Waals surface area contributed by atoms with Crippen LogP contribution < -0.4 is 10.6 Å². The van der Waals surface area contributed by atoms with Crippen molar-refractivity contribution in [3.8, 4) is 0 Å². The van der Waals surface area contributed by atoms with Crippen molar-refractivity contribution in [2.75, 3.05) is 11.9 Å². The number of carbonyl (C=O) groups excluding carboxylic acids is 3. The molecule has 1 heterocycles. The number of nitrogens with one attached hydrogen (secondary N) is 2. The molecule has 0 saturated heterocycles. The minimum absolute atomic E-state index is 0.127. The average molecular weight is 388 g/mol. The van der Waals surface area contributed by atoms with E-state index in [9.17, 15) is 18.8 Å². The molecule has 140 valence electrons. The molecule has 0 fully saturated rings. The van der Waals surface area contributed by atoms with Crippen LogP contribution in [0.3, 0.4) is 0 Å². The number of fused-ring (bicyclic) bond motifs is 1. The van der Waals surface area contributed by atoms with Crippen molar-refractivity contribution in [1.29, 1.82) is 0 Å². The minimum Gasteiger partial charge on any atom is -0.452 e. The van der Waals surface area contributed by atoms with E-state index in [0.29, 0.717) is 5.69 Å². The van der Waals surface area contributed by atoms with Crippen molar-refractivity contribution < 1.29 is 23.5 Å². The Bertz CT molecular complexity index is 886. The number of benzene rings is 2. The molecular weight excluding hydrogens is 371 g/mol. The van der Waals surface area contributed by atoms with Crippen LogP contribution in [0, 0.1) is 5.82 Å². The molecule has 0 bridgehead atoms. The number of thioether (sulfide) groups is 1. The van der Waals surface area contributed by atoms with Gasteiger partial charge >= 0.3 is 5.97 Å². The maximum atomic E-state index is 12.8. The van der Waals surface area contributed by atoms with Crippen molar-refractivity contribution in [1.82, 2.24) is 5.32 Å². The average Bonchev–Trinajstić information content (AvgIpc) is 2.66. The third-order valence-corrected chi connectivity index (χ3v) is 5.06. The number of carbonyl (C=O) groups is 3. The maximum absolute atomic E-state index is 12.8. The SMILES string of the molecule is CC1Sc2ccc(C(=O)OCC(=O)NCc3ccc(F)cc3)cc2NC1=O. The summed E-state index contributed by atoms with van der Waals surface area (Å²) in [5, 5.41) is 5.13. The molecule has 27 heavy (non-hydrogen) atoms.